The summed E-state index contributed by atoms with van der Waals surface area (Å²) in [5.74, 6) is 3.18. The highest BCUT2D eigenvalue weighted by Gasteiger charge is 2.41. The number of nitrogens with one attached hydrogen (secondary N) is 1. The molecule has 0 aliphatic heterocycles. The average molecular weight is 195 g/mol. The van der Waals surface area contributed by atoms with Gasteiger partial charge in [0, 0.05) is 6.04 Å². The summed E-state index contributed by atoms with van der Waals surface area (Å²) in [6, 6.07) is 0.775. The van der Waals surface area contributed by atoms with Crippen LogP contribution in [0.4, 0.5) is 0 Å². The van der Waals surface area contributed by atoms with Crippen LogP contribution in [0.5, 0.6) is 0 Å². The van der Waals surface area contributed by atoms with Crippen LogP contribution in [0.15, 0.2) is 0 Å². The van der Waals surface area contributed by atoms with Crippen LogP contribution in [-0.2, 0) is 0 Å². The molecule has 2 aliphatic carbocycles. The van der Waals surface area contributed by atoms with Crippen LogP contribution in [0.1, 0.15) is 52.4 Å². The summed E-state index contributed by atoms with van der Waals surface area (Å²) in [4.78, 5) is 0. The van der Waals surface area contributed by atoms with Crippen molar-refractivity contribution in [2.75, 3.05) is 6.54 Å². The maximum atomic E-state index is 3.71. The Morgan fingerprint density at radius 2 is 2.14 bits per heavy atom. The van der Waals surface area contributed by atoms with Crippen molar-refractivity contribution in [2.45, 2.75) is 58.4 Å². The van der Waals surface area contributed by atoms with Crippen molar-refractivity contribution < 1.29 is 0 Å². The van der Waals surface area contributed by atoms with Crippen molar-refractivity contribution in [3.8, 4) is 0 Å². The molecule has 0 radical (unpaired) electrons. The lowest BCUT2D eigenvalue weighted by Crippen LogP contribution is -2.36. The van der Waals surface area contributed by atoms with Crippen molar-refractivity contribution in [2.24, 2.45) is 17.8 Å². The van der Waals surface area contributed by atoms with Gasteiger partial charge in [-0.25, -0.2) is 0 Å². The Labute approximate surface area is 88.7 Å². The summed E-state index contributed by atoms with van der Waals surface area (Å²) >= 11 is 0. The van der Waals surface area contributed by atoms with Gasteiger partial charge in [-0.1, -0.05) is 19.8 Å². The van der Waals surface area contributed by atoms with E-state index in [1.807, 2.05) is 0 Å². The fraction of sp³-hybridized carbons (Fsp3) is 1.00. The normalized spacial score (nSPS) is 37.7. The molecule has 14 heavy (non-hydrogen) atoms. The second-order valence-electron chi connectivity index (χ2n) is 5.44. The van der Waals surface area contributed by atoms with Gasteiger partial charge in [0.15, 0.2) is 0 Å². The summed E-state index contributed by atoms with van der Waals surface area (Å²) in [6.45, 7) is 5.90. The van der Waals surface area contributed by atoms with Crippen molar-refractivity contribution in [3.63, 3.8) is 0 Å². The van der Waals surface area contributed by atoms with E-state index in [0.29, 0.717) is 0 Å². The van der Waals surface area contributed by atoms with Crippen LogP contribution in [0.25, 0.3) is 0 Å². The Morgan fingerprint density at radius 3 is 2.71 bits per heavy atom. The average Bonchev–Trinajstić information content (AvgIpc) is 2.79. The zero-order valence-electron chi connectivity index (χ0n) is 9.76. The third-order valence-corrected chi connectivity index (χ3v) is 4.43. The molecule has 1 N–H and O–H groups in total. The molecule has 0 heterocycles. The second-order valence-corrected chi connectivity index (χ2v) is 5.44. The molecule has 0 amide bonds. The van der Waals surface area contributed by atoms with E-state index in [9.17, 15) is 0 Å². The van der Waals surface area contributed by atoms with Gasteiger partial charge in [0.25, 0.3) is 0 Å². The molecule has 0 spiro atoms. The lowest BCUT2D eigenvalue weighted by Gasteiger charge is -2.28. The smallest absolute Gasteiger partial charge is 0.00697 e. The van der Waals surface area contributed by atoms with E-state index < -0.39 is 0 Å². The molecule has 1 nitrogen and oxygen atoms in total. The molecule has 1 heteroatoms. The molecule has 2 bridgehead atoms. The minimum Gasteiger partial charge on any atom is -0.314 e. The summed E-state index contributed by atoms with van der Waals surface area (Å²) in [5.41, 5.74) is 0. The first-order valence-corrected chi connectivity index (χ1v) is 6.54. The molecule has 0 saturated heterocycles. The van der Waals surface area contributed by atoms with Crippen LogP contribution in [0.2, 0.25) is 0 Å². The Morgan fingerprint density at radius 1 is 1.29 bits per heavy atom. The van der Waals surface area contributed by atoms with E-state index in [1.165, 1.54) is 38.6 Å². The summed E-state index contributed by atoms with van der Waals surface area (Å²) in [7, 11) is 0. The first kappa shape index (κ1) is 10.5. The standard InChI is InChI=1S/C13H25N/c1-3-4-7-14-10(2)13-9-11-5-6-12(13)8-11/h10-14H,3-9H2,1-2H3/t10-,11-,12-,13+/m1/s1. The van der Waals surface area contributed by atoms with Gasteiger partial charge in [-0.3, -0.25) is 0 Å². The molecule has 0 unspecified atom stereocenters. The molecule has 0 aromatic carbocycles. The molecule has 2 fully saturated rings. The Balaban J connectivity index is 1.72. The zero-order chi connectivity index (χ0) is 9.97. The lowest BCUT2D eigenvalue weighted by molar-refractivity contribution is 0.260. The van der Waals surface area contributed by atoms with E-state index in [0.717, 1.165) is 23.8 Å². The minimum absolute atomic E-state index is 0.775. The Kier molecular flexibility index (Phi) is 3.48. The molecule has 0 aromatic heterocycles. The third-order valence-electron chi connectivity index (χ3n) is 4.43. The maximum absolute atomic E-state index is 3.71. The van der Waals surface area contributed by atoms with E-state index in [2.05, 4.69) is 19.2 Å². The number of hydrogen-bond donors (Lipinski definition) is 1. The van der Waals surface area contributed by atoms with Crippen molar-refractivity contribution in [3.05, 3.63) is 0 Å². The highest BCUT2D eigenvalue weighted by atomic mass is 14.9. The van der Waals surface area contributed by atoms with Crippen molar-refractivity contribution >= 4 is 0 Å². The van der Waals surface area contributed by atoms with Crippen LogP contribution < -0.4 is 5.32 Å². The predicted molar refractivity (Wildman–Crippen MR) is 61.3 cm³/mol. The number of rotatable bonds is 5. The maximum Gasteiger partial charge on any atom is 0.00697 e. The van der Waals surface area contributed by atoms with Crippen LogP contribution >= 0.6 is 0 Å². The molecule has 0 aromatic rings. The fourth-order valence-corrected chi connectivity index (χ4v) is 3.56. The first-order chi connectivity index (χ1) is 6.81. The van der Waals surface area contributed by atoms with Gasteiger partial charge in [0.1, 0.15) is 0 Å². The molecule has 2 rings (SSSR count). The van der Waals surface area contributed by atoms with Gasteiger partial charge in [-0.05, 0) is 56.9 Å². The lowest BCUT2D eigenvalue weighted by atomic mass is 9.84. The number of hydrogen-bond acceptors (Lipinski definition) is 1. The highest BCUT2D eigenvalue weighted by Crippen LogP contribution is 2.49. The molecular weight excluding hydrogens is 170 g/mol. The Hall–Kier alpha value is -0.0400. The summed E-state index contributed by atoms with van der Waals surface area (Å²) in [6.07, 6.45) is 8.77. The molecule has 2 aliphatic rings. The monoisotopic (exact) mass is 195 g/mol. The highest BCUT2D eigenvalue weighted by molar-refractivity contribution is 4.93. The van der Waals surface area contributed by atoms with Gasteiger partial charge in [0.05, 0.1) is 0 Å². The first-order valence-electron chi connectivity index (χ1n) is 6.54. The molecular formula is C13H25N. The molecule has 4 atom stereocenters. The van der Waals surface area contributed by atoms with E-state index in [-0.39, 0.29) is 0 Å². The van der Waals surface area contributed by atoms with Gasteiger partial charge in [0.2, 0.25) is 0 Å². The minimum atomic E-state index is 0.775. The Bertz CT molecular complexity index is 178. The van der Waals surface area contributed by atoms with Crippen LogP contribution in [-0.4, -0.2) is 12.6 Å². The topological polar surface area (TPSA) is 12.0 Å². The second kappa shape index (κ2) is 4.65. The summed E-state index contributed by atoms with van der Waals surface area (Å²) < 4.78 is 0. The largest absolute Gasteiger partial charge is 0.314 e. The zero-order valence-corrected chi connectivity index (χ0v) is 9.76. The number of fused-ring (bicyclic) bond motifs is 2. The third kappa shape index (κ3) is 2.13. The quantitative estimate of drug-likeness (QED) is 0.664. The fourth-order valence-electron chi connectivity index (χ4n) is 3.56. The van der Waals surface area contributed by atoms with Gasteiger partial charge in [-0.2, -0.15) is 0 Å². The van der Waals surface area contributed by atoms with Gasteiger partial charge < -0.3 is 5.32 Å². The predicted octanol–water partition coefficient (Wildman–Crippen LogP) is 3.20. The van der Waals surface area contributed by atoms with Crippen LogP contribution in [0.3, 0.4) is 0 Å². The SMILES string of the molecule is CCCCN[C@H](C)[C@@H]1C[C@@H]2CC[C@@H]1C2. The van der Waals surface area contributed by atoms with E-state index in [1.54, 1.807) is 6.42 Å². The molecule has 2 saturated carbocycles. The van der Waals surface area contributed by atoms with Gasteiger partial charge >= 0.3 is 0 Å². The molecule has 82 valence electrons. The van der Waals surface area contributed by atoms with Crippen molar-refractivity contribution in [1.82, 2.24) is 5.32 Å². The van der Waals surface area contributed by atoms with Gasteiger partial charge in [-0.15, -0.1) is 0 Å². The van der Waals surface area contributed by atoms with Crippen molar-refractivity contribution in [1.29, 1.82) is 0 Å². The van der Waals surface area contributed by atoms with Crippen LogP contribution in [0, 0.1) is 17.8 Å². The number of unbranched alkanes of at least 4 members (excludes halogenated alkanes) is 1. The van der Waals surface area contributed by atoms with E-state index >= 15 is 0 Å². The van der Waals surface area contributed by atoms with E-state index in [4.69, 9.17) is 0 Å². The summed E-state index contributed by atoms with van der Waals surface area (Å²) in [5, 5.41) is 3.71.